The first-order valence-corrected chi connectivity index (χ1v) is 8.33. The third kappa shape index (κ3) is 4.86. The predicted molar refractivity (Wildman–Crippen MR) is 98.2 cm³/mol. The van der Waals surface area contributed by atoms with Crippen molar-refractivity contribution in [1.29, 1.82) is 0 Å². The van der Waals surface area contributed by atoms with Gasteiger partial charge in [0.15, 0.2) is 0 Å². The smallest absolute Gasteiger partial charge is 0.270 e. The zero-order chi connectivity index (χ0) is 18.2. The van der Waals surface area contributed by atoms with Crippen molar-refractivity contribution in [2.75, 3.05) is 11.9 Å². The average molecular weight is 350 g/mol. The van der Waals surface area contributed by atoms with E-state index in [-0.39, 0.29) is 11.7 Å². The highest BCUT2D eigenvalue weighted by Gasteiger charge is 2.07. The number of anilines is 1. The molecule has 0 fully saturated rings. The molecule has 3 rings (SSSR count). The largest absolute Gasteiger partial charge is 0.383 e. The van der Waals surface area contributed by atoms with Crippen LogP contribution in [0.5, 0.6) is 0 Å². The molecule has 0 radical (unpaired) electrons. The number of pyridine rings is 2. The van der Waals surface area contributed by atoms with Gasteiger partial charge in [0.25, 0.3) is 5.91 Å². The molecular weight excluding hydrogens is 331 g/mol. The molecule has 2 N–H and O–H groups in total. The fraction of sp³-hybridized carbons (Fsp3) is 0.150. The normalized spacial score (nSPS) is 10.3. The van der Waals surface area contributed by atoms with Gasteiger partial charge in [-0.05, 0) is 41.8 Å². The summed E-state index contributed by atoms with van der Waals surface area (Å²) < 4.78 is 13.6. The lowest BCUT2D eigenvalue weighted by molar-refractivity contribution is 0.0946. The summed E-state index contributed by atoms with van der Waals surface area (Å²) in [5.41, 5.74) is 2.71. The Kier molecular flexibility index (Phi) is 5.88. The lowest BCUT2D eigenvalue weighted by Crippen LogP contribution is -2.23. The van der Waals surface area contributed by atoms with Gasteiger partial charge >= 0.3 is 0 Å². The van der Waals surface area contributed by atoms with Crippen LogP contribution < -0.4 is 10.6 Å². The van der Waals surface area contributed by atoms with E-state index in [9.17, 15) is 9.18 Å². The van der Waals surface area contributed by atoms with Gasteiger partial charge in [0.1, 0.15) is 11.5 Å². The molecule has 26 heavy (non-hydrogen) atoms. The molecule has 0 aliphatic rings. The molecule has 1 aromatic carbocycles. The summed E-state index contributed by atoms with van der Waals surface area (Å²) in [4.78, 5) is 20.3. The van der Waals surface area contributed by atoms with E-state index in [1.165, 1.54) is 6.07 Å². The van der Waals surface area contributed by atoms with Crippen molar-refractivity contribution in [3.63, 3.8) is 0 Å². The summed E-state index contributed by atoms with van der Waals surface area (Å²) in [6, 6.07) is 13.9. The zero-order valence-electron chi connectivity index (χ0n) is 14.2. The molecule has 132 valence electrons. The molecule has 0 saturated heterocycles. The molecule has 0 saturated carbocycles. The number of nitrogens with one attached hydrogen (secondary N) is 2. The van der Waals surface area contributed by atoms with Crippen molar-refractivity contribution >= 4 is 11.6 Å². The third-order valence-electron chi connectivity index (χ3n) is 3.85. The number of aromatic nitrogens is 2. The lowest BCUT2D eigenvalue weighted by atomic mass is 10.1. The van der Waals surface area contributed by atoms with Crippen LogP contribution in [-0.2, 0) is 13.0 Å². The molecule has 0 bridgehead atoms. The van der Waals surface area contributed by atoms with Crippen LogP contribution in [0.3, 0.4) is 0 Å². The quantitative estimate of drug-likeness (QED) is 0.687. The van der Waals surface area contributed by atoms with E-state index in [2.05, 4.69) is 20.6 Å². The molecule has 3 aromatic rings. The second-order valence-corrected chi connectivity index (χ2v) is 5.74. The van der Waals surface area contributed by atoms with E-state index in [1.54, 1.807) is 42.9 Å². The molecule has 2 heterocycles. The summed E-state index contributed by atoms with van der Waals surface area (Å²) in [7, 11) is 0. The highest BCUT2D eigenvalue weighted by atomic mass is 19.1. The van der Waals surface area contributed by atoms with Crippen LogP contribution in [0.15, 0.2) is 67.1 Å². The fourth-order valence-electron chi connectivity index (χ4n) is 2.45. The average Bonchev–Trinajstić information content (AvgIpc) is 2.69. The Labute approximate surface area is 151 Å². The lowest BCUT2D eigenvalue weighted by Gasteiger charge is -2.08. The molecular formula is C20H19FN4O. The molecule has 0 aliphatic carbocycles. The standard InChI is InChI=1S/C20H19FN4O/c21-18-6-2-1-5-16(18)9-11-23-17-7-8-19(24-14-17)20(26)25-13-15-4-3-10-22-12-15/h1-8,10,12,14,23H,9,11,13H2,(H,25,26). The summed E-state index contributed by atoms with van der Waals surface area (Å²) in [6.07, 6.45) is 5.56. The second-order valence-electron chi connectivity index (χ2n) is 5.74. The van der Waals surface area contributed by atoms with Crippen molar-refractivity contribution in [1.82, 2.24) is 15.3 Å². The van der Waals surface area contributed by atoms with Crippen LogP contribution >= 0.6 is 0 Å². The molecule has 5 nitrogen and oxygen atoms in total. The number of carbonyl (C=O) groups is 1. The van der Waals surface area contributed by atoms with Gasteiger partial charge in [0, 0.05) is 25.5 Å². The molecule has 0 spiro atoms. The van der Waals surface area contributed by atoms with Crippen molar-refractivity contribution in [3.8, 4) is 0 Å². The van der Waals surface area contributed by atoms with E-state index in [0.717, 1.165) is 11.3 Å². The van der Waals surface area contributed by atoms with E-state index in [0.29, 0.717) is 30.8 Å². The monoisotopic (exact) mass is 350 g/mol. The highest BCUT2D eigenvalue weighted by Crippen LogP contribution is 2.10. The van der Waals surface area contributed by atoms with Crippen LogP contribution in [0, 0.1) is 5.82 Å². The Morgan fingerprint density at radius 1 is 1.04 bits per heavy atom. The minimum absolute atomic E-state index is 0.201. The van der Waals surface area contributed by atoms with E-state index in [4.69, 9.17) is 0 Å². The number of carbonyl (C=O) groups excluding carboxylic acids is 1. The maximum absolute atomic E-state index is 13.6. The number of amides is 1. The highest BCUT2D eigenvalue weighted by molar-refractivity contribution is 5.92. The van der Waals surface area contributed by atoms with Crippen molar-refractivity contribution in [2.24, 2.45) is 0 Å². The van der Waals surface area contributed by atoms with Gasteiger partial charge < -0.3 is 10.6 Å². The van der Waals surface area contributed by atoms with Crippen LogP contribution in [-0.4, -0.2) is 22.4 Å². The first-order valence-electron chi connectivity index (χ1n) is 8.33. The topological polar surface area (TPSA) is 66.9 Å². The van der Waals surface area contributed by atoms with Gasteiger partial charge in [0.05, 0.1) is 11.9 Å². The molecule has 2 aromatic heterocycles. The molecule has 1 amide bonds. The fourth-order valence-corrected chi connectivity index (χ4v) is 2.45. The minimum atomic E-state index is -0.244. The number of rotatable bonds is 7. The van der Waals surface area contributed by atoms with Gasteiger partial charge in [-0.15, -0.1) is 0 Å². The number of nitrogens with zero attached hydrogens (tertiary/aromatic N) is 2. The van der Waals surface area contributed by atoms with Gasteiger partial charge in [0.2, 0.25) is 0 Å². The third-order valence-corrected chi connectivity index (χ3v) is 3.85. The van der Waals surface area contributed by atoms with Crippen LogP contribution in [0.25, 0.3) is 0 Å². The molecule has 0 atom stereocenters. The Hall–Kier alpha value is -3.28. The van der Waals surface area contributed by atoms with Crippen LogP contribution in [0.4, 0.5) is 10.1 Å². The second kappa shape index (κ2) is 8.71. The number of hydrogen-bond donors (Lipinski definition) is 2. The van der Waals surface area contributed by atoms with Gasteiger partial charge in [-0.25, -0.2) is 9.37 Å². The summed E-state index contributed by atoms with van der Waals surface area (Å²) in [6.45, 7) is 0.978. The number of hydrogen-bond acceptors (Lipinski definition) is 4. The van der Waals surface area contributed by atoms with E-state index < -0.39 is 0 Å². The summed E-state index contributed by atoms with van der Waals surface area (Å²) in [5, 5.41) is 5.98. The predicted octanol–water partition coefficient (Wildman–Crippen LogP) is 3.20. The van der Waals surface area contributed by atoms with E-state index in [1.807, 2.05) is 18.2 Å². The van der Waals surface area contributed by atoms with Crippen LogP contribution in [0.2, 0.25) is 0 Å². The first-order chi connectivity index (χ1) is 12.7. The summed E-state index contributed by atoms with van der Waals surface area (Å²) >= 11 is 0. The minimum Gasteiger partial charge on any atom is -0.383 e. The Morgan fingerprint density at radius 2 is 1.92 bits per heavy atom. The Bertz CT molecular complexity index is 853. The zero-order valence-corrected chi connectivity index (χ0v) is 14.2. The maximum Gasteiger partial charge on any atom is 0.270 e. The van der Waals surface area contributed by atoms with Crippen molar-refractivity contribution in [2.45, 2.75) is 13.0 Å². The Morgan fingerprint density at radius 3 is 2.65 bits per heavy atom. The maximum atomic E-state index is 13.6. The Balaban J connectivity index is 1.48. The van der Waals surface area contributed by atoms with E-state index >= 15 is 0 Å². The molecule has 0 unspecified atom stereocenters. The van der Waals surface area contributed by atoms with Gasteiger partial charge in [-0.3, -0.25) is 9.78 Å². The molecule has 0 aliphatic heterocycles. The van der Waals surface area contributed by atoms with Gasteiger partial charge in [-0.2, -0.15) is 0 Å². The first kappa shape index (κ1) is 17.5. The molecule has 6 heteroatoms. The number of benzene rings is 1. The van der Waals surface area contributed by atoms with Gasteiger partial charge in [-0.1, -0.05) is 24.3 Å². The van der Waals surface area contributed by atoms with Crippen molar-refractivity contribution < 1.29 is 9.18 Å². The number of halogens is 1. The van der Waals surface area contributed by atoms with Crippen molar-refractivity contribution in [3.05, 3.63) is 89.8 Å². The SMILES string of the molecule is O=C(NCc1cccnc1)c1ccc(NCCc2ccccc2F)cn1. The summed E-state index contributed by atoms with van der Waals surface area (Å²) in [5.74, 6) is -0.445. The van der Waals surface area contributed by atoms with Crippen LogP contribution in [0.1, 0.15) is 21.6 Å².